The molecule has 0 fully saturated rings. The molecule has 2 heterocycles. The summed E-state index contributed by atoms with van der Waals surface area (Å²) < 4.78 is 1.94. The minimum absolute atomic E-state index is 0.603. The summed E-state index contributed by atoms with van der Waals surface area (Å²) in [5.74, 6) is 0.603. The lowest BCUT2D eigenvalue weighted by molar-refractivity contribution is 0.659. The van der Waals surface area contributed by atoms with Gasteiger partial charge < -0.3 is 4.98 Å². The van der Waals surface area contributed by atoms with E-state index in [0.717, 1.165) is 38.6 Å². The molecular weight excluding hydrogens is 360 g/mol. The van der Waals surface area contributed by atoms with Gasteiger partial charge >= 0.3 is 0 Å². The van der Waals surface area contributed by atoms with Crippen LogP contribution < -0.4 is 5.43 Å². The average Bonchev–Trinajstić information content (AvgIpc) is 3.19. The number of fused-ring (bicyclic) bond motifs is 1. The number of benzene rings is 2. The number of hydrogen-bond donors (Lipinski definition) is 2. The van der Waals surface area contributed by atoms with E-state index in [0.29, 0.717) is 12.5 Å². The summed E-state index contributed by atoms with van der Waals surface area (Å²) in [5, 5.41) is 9.68. The van der Waals surface area contributed by atoms with Crippen LogP contribution in [0.5, 0.6) is 0 Å². The van der Waals surface area contributed by atoms with Gasteiger partial charge in [-0.15, -0.1) is 0 Å². The normalized spacial score (nSPS) is 11.5. The summed E-state index contributed by atoms with van der Waals surface area (Å²) in [7, 11) is 0. The number of aromatic amines is 1. The Balaban J connectivity index is 1.52. The number of imidazole rings is 1. The third-order valence-corrected chi connectivity index (χ3v) is 4.84. The van der Waals surface area contributed by atoms with Gasteiger partial charge in [-0.1, -0.05) is 41.9 Å². The molecule has 0 unspecified atom stereocenters. The molecule has 2 aromatic heterocycles. The molecule has 2 N–H and O–H groups in total. The zero-order valence-corrected chi connectivity index (χ0v) is 15.8. The van der Waals surface area contributed by atoms with Crippen molar-refractivity contribution >= 4 is 34.8 Å². The molecule has 0 bridgehead atoms. The van der Waals surface area contributed by atoms with Gasteiger partial charge in [0.2, 0.25) is 5.95 Å². The molecule has 0 aliphatic rings. The topological polar surface area (TPSA) is 70.9 Å². The molecule has 0 atom stereocenters. The summed E-state index contributed by atoms with van der Waals surface area (Å²) >= 11 is 6.27. The number of rotatable bonds is 5. The molecule has 136 valence electrons. The maximum Gasteiger partial charge on any atom is 0.222 e. The molecule has 27 heavy (non-hydrogen) atoms. The zero-order valence-electron chi connectivity index (χ0n) is 15.1. The molecular formula is C20H19ClN6. The Hall–Kier alpha value is -3.12. The van der Waals surface area contributed by atoms with Gasteiger partial charge in [0.1, 0.15) is 0 Å². The number of aromatic nitrogens is 4. The van der Waals surface area contributed by atoms with E-state index in [1.165, 1.54) is 0 Å². The fraction of sp³-hybridized carbons (Fsp3) is 0.150. The van der Waals surface area contributed by atoms with Crippen LogP contribution in [0, 0.1) is 13.8 Å². The van der Waals surface area contributed by atoms with Crippen LogP contribution >= 0.6 is 11.6 Å². The number of hydrazone groups is 1. The molecule has 0 aliphatic carbocycles. The van der Waals surface area contributed by atoms with Gasteiger partial charge in [-0.2, -0.15) is 10.2 Å². The van der Waals surface area contributed by atoms with Crippen LogP contribution in [0.25, 0.3) is 11.0 Å². The molecule has 0 saturated heterocycles. The summed E-state index contributed by atoms with van der Waals surface area (Å²) in [5.41, 5.74) is 8.77. The van der Waals surface area contributed by atoms with Crippen molar-refractivity contribution in [3.63, 3.8) is 0 Å². The molecule has 0 amide bonds. The Morgan fingerprint density at radius 3 is 2.74 bits per heavy atom. The standard InChI is InChI=1S/C20H19ClN6/c1-13-16(11-22-25-20-23-18-9-5-6-10-19(18)24-20)14(2)27(26-13)12-15-7-3-4-8-17(15)21/h3-11H,12H2,1-2H3,(H2,23,24,25)/b22-11-. The highest BCUT2D eigenvalue weighted by Crippen LogP contribution is 2.19. The third-order valence-electron chi connectivity index (χ3n) is 4.47. The van der Waals surface area contributed by atoms with Crippen molar-refractivity contribution in [3.8, 4) is 0 Å². The lowest BCUT2D eigenvalue weighted by Crippen LogP contribution is -2.05. The van der Waals surface area contributed by atoms with Crippen LogP contribution in [0.2, 0.25) is 5.02 Å². The molecule has 0 saturated carbocycles. The summed E-state index contributed by atoms with van der Waals surface area (Å²) in [4.78, 5) is 7.63. The number of H-pyrrole nitrogens is 1. The van der Waals surface area contributed by atoms with Gasteiger partial charge in [-0.25, -0.2) is 10.4 Å². The van der Waals surface area contributed by atoms with E-state index in [9.17, 15) is 0 Å². The smallest absolute Gasteiger partial charge is 0.222 e. The number of para-hydroxylation sites is 2. The minimum atomic E-state index is 0.603. The number of halogens is 1. The van der Waals surface area contributed by atoms with E-state index in [4.69, 9.17) is 11.6 Å². The van der Waals surface area contributed by atoms with Crippen molar-refractivity contribution in [3.05, 3.63) is 76.1 Å². The van der Waals surface area contributed by atoms with E-state index in [1.54, 1.807) is 6.21 Å². The highest BCUT2D eigenvalue weighted by atomic mass is 35.5. The van der Waals surface area contributed by atoms with Crippen LogP contribution in [-0.4, -0.2) is 26.0 Å². The van der Waals surface area contributed by atoms with E-state index in [-0.39, 0.29) is 0 Å². The predicted octanol–water partition coefficient (Wildman–Crippen LogP) is 4.52. The fourth-order valence-electron chi connectivity index (χ4n) is 3.00. The van der Waals surface area contributed by atoms with E-state index in [2.05, 4.69) is 25.6 Å². The first kappa shape index (κ1) is 17.3. The second-order valence-electron chi connectivity index (χ2n) is 6.31. The second kappa shape index (κ2) is 7.25. The lowest BCUT2D eigenvalue weighted by Gasteiger charge is -2.06. The quantitative estimate of drug-likeness (QED) is 0.396. The molecule has 0 spiro atoms. The molecule has 2 aromatic carbocycles. The number of anilines is 1. The van der Waals surface area contributed by atoms with Gasteiger partial charge in [0.05, 0.1) is 29.5 Å². The number of hydrogen-bond acceptors (Lipinski definition) is 4. The van der Waals surface area contributed by atoms with Crippen molar-refractivity contribution in [1.82, 2.24) is 19.7 Å². The van der Waals surface area contributed by atoms with E-state index < -0.39 is 0 Å². The SMILES string of the molecule is Cc1nn(Cc2ccccc2Cl)c(C)c1/C=N\Nc1nc2ccccc2[nH]1. The predicted molar refractivity (Wildman–Crippen MR) is 110 cm³/mol. The monoisotopic (exact) mass is 378 g/mol. The maximum atomic E-state index is 6.27. The van der Waals surface area contributed by atoms with Crippen LogP contribution in [0.3, 0.4) is 0 Å². The van der Waals surface area contributed by atoms with Crippen LogP contribution in [0.4, 0.5) is 5.95 Å². The minimum Gasteiger partial charge on any atom is -0.323 e. The van der Waals surface area contributed by atoms with E-state index in [1.807, 2.05) is 67.1 Å². The van der Waals surface area contributed by atoms with Gasteiger partial charge in [0.15, 0.2) is 0 Å². The van der Waals surface area contributed by atoms with Gasteiger partial charge in [0.25, 0.3) is 0 Å². The molecule has 0 radical (unpaired) electrons. The summed E-state index contributed by atoms with van der Waals surface area (Å²) in [6.07, 6.45) is 1.77. The van der Waals surface area contributed by atoms with Crippen molar-refractivity contribution in [2.45, 2.75) is 20.4 Å². The Morgan fingerprint density at radius 2 is 1.93 bits per heavy atom. The Kier molecular flexibility index (Phi) is 4.64. The highest BCUT2D eigenvalue weighted by molar-refractivity contribution is 6.31. The first-order chi connectivity index (χ1) is 13.1. The maximum absolute atomic E-state index is 6.27. The lowest BCUT2D eigenvalue weighted by atomic mass is 10.2. The van der Waals surface area contributed by atoms with Crippen molar-refractivity contribution < 1.29 is 0 Å². The number of nitrogens with one attached hydrogen (secondary N) is 2. The first-order valence-electron chi connectivity index (χ1n) is 8.63. The van der Waals surface area contributed by atoms with Crippen LogP contribution in [0.15, 0.2) is 53.6 Å². The fourth-order valence-corrected chi connectivity index (χ4v) is 3.20. The van der Waals surface area contributed by atoms with Crippen molar-refractivity contribution in [2.24, 2.45) is 5.10 Å². The molecule has 7 heteroatoms. The summed E-state index contributed by atoms with van der Waals surface area (Å²) in [6.45, 7) is 4.62. The molecule has 0 aliphatic heterocycles. The second-order valence-corrected chi connectivity index (χ2v) is 6.71. The third kappa shape index (κ3) is 3.57. The molecule has 6 nitrogen and oxygen atoms in total. The first-order valence-corrected chi connectivity index (χ1v) is 9.01. The van der Waals surface area contributed by atoms with Crippen LogP contribution in [0.1, 0.15) is 22.5 Å². The average molecular weight is 379 g/mol. The Labute approximate surface area is 161 Å². The largest absolute Gasteiger partial charge is 0.323 e. The number of aryl methyl sites for hydroxylation is 1. The van der Waals surface area contributed by atoms with Gasteiger partial charge in [-0.05, 0) is 37.6 Å². The highest BCUT2D eigenvalue weighted by Gasteiger charge is 2.11. The Bertz CT molecular complexity index is 1090. The van der Waals surface area contributed by atoms with Crippen LogP contribution in [-0.2, 0) is 6.54 Å². The number of nitrogens with zero attached hydrogens (tertiary/aromatic N) is 4. The summed E-state index contributed by atoms with van der Waals surface area (Å²) in [6, 6.07) is 15.7. The molecule has 4 rings (SSSR count). The van der Waals surface area contributed by atoms with E-state index >= 15 is 0 Å². The van der Waals surface area contributed by atoms with Gasteiger partial charge in [0, 0.05) is 16.3 Å². The van der Waals surface area contributed by atoms with Gasteiger partial charge in [-0.3, -0.25) is 4.68 Å². The zero-order chi connectivity index (χ0) is 18.8. The molecule has 4 aromatic rings. The Morgan fingerprint density at radius 1 is 1.15 bits per heavy atom. The van der Waals surface area contributed by atoms with Crippen molar-refractivity contribution in [2.75, 3.05) is 5.43 Å². The van der Waals surface area contributed by atoms with Crippen molar-refractivity contribution in [1.29, 1.82) is 0 Å².